The van der Waals surface area contributed by atoms with Crippen LogP contribution < -0.4 is 4.74 Å². The monoisotopic (exact) mass is 411 g/mol. The first-order valence-corrected chi connectivity index (χ1v) is 10.6. The Morgan fingerprint density at radius 3 is 2.42 bits per heavy atom. The highest BCUT2D eigenvalue weighted by Gasteiger charge is 2.30. The zero-order chi connectivity index (χ0) is 21.0. The third kappa shape index (κ3) is 4.07. The summed E-state index contributed by atoms with van der Waals surface area (Å²) in [5, 5.41) is 12.9. The maximum atomic E-state index is 5.38. The zero-order valence-electron chi connectivity index (χ0n) is 17.6. The molecule has 4 aromatic rings. The van der Waals surface area contributed by atoms with E-state index < -0.39 is 0 Å². The highest BCUT2D eigenvalue weighted by molar-refractivity contribution is 5.34. The Balaban J connectivity index is 1.53. The van der Waals surface area contributed by atoms with Crippen molar-refractivity contribution >= 4 is 0 Å². The normalized spacial score (nSPS) is 14.7. The predicted molar refractivity (Wildman–Crippen MR) is 119 cm³/mol. The van der Waals surface area contributed by atoms with E-state index in [1.54, 1.807) is 7.11 Å². The Bertz CT molecular complexity index is 1140. The van der Waals surface area contributed by atoms with Gasteiger partial charge in [0.15, 0.2) is 5.82 Å². The second-order valence-electron chi connectivity index (χ2n) is 7.85. The van der Waals surface area contributed by atoms with Gasteiger partial charge in [-0.25, -0.2) is 4.68 Å². The summed E-state index contributed by atoms with van der Waals surface area (Å²) in [6.07, 6.45) is 1.02. The summed E-state index contributed by atoms with van der Waals surface area (Å²) < 4.78 is 7.30. The Hall–Kier alpha value is -3.51. The van der Waals surface area contributed by atoms with Gasteiger partial charge in [-0.15, -0.1) is 5.10 Å². The second-order valence-corrected chi connectivity index (χ2v) is 7.85. The average Bonchev–Trinajstić information content (AvgIpc) is 3.28. The van der Waals surface area contributed by atoms with Crippen LogP contribution >= 0.6 is 0 Å². The molecule has 0 unspecified atom stereocenters. The van der Waals surface area contributed by atoms with E-state index in [-0.39, 0.29) is 6.04 Å². The molecule has 0 aliphatic carbocycles. The van der Waals surface area contributed by atoms with Gasteiger partial charge < -0.3 is 4.74 Å². The summed E-state index contributed by atoms with van der Waals surface area (Å²) in [6.45, 7) is 2.46. The number of rotatable bonds is 6. The van der Waals surface area contributed by atoms with Crippen LogP contribution in [-0.4, -0.2) is 38.8 Å². The Labute approximate surface area is 182 Å². The largest absolute Gasteiger partial charge is 0.497 e. The molecule has 1 aromatic heterocycles. The van der Waals surface area contributed by atoms with Gasteiger partial charge >= 0.3 is 0 Å². The first-order valence-electron chi connectivity index (χ1n) is 10.6. The number of benzene rings is 3. The third-order valence-corrected chi connectivity index (χ3v) is 5.94. The quantitative estimate of drug-likeness (QED) is 0.482. The molecular formula is C25H25N5O. The van der Waals surface area contributed by atoms with E-state index in [0.717, 1.165) is 36.6 Å². The highest BCUT2D eigenvalue weighted by Crippen LogP contribution is 2.33. The summed E-state index contributed by atoms with van der Waals surface area (Å²) in [4.78, 5) is 2.47. The van der Waals surface area contributed by atoms with Crippen molar-refractivity contribution < 1.29 is 4.74 Å². The van der Waals surface area contributed by atoms with Gasteiger partial charge in [0.05, 0.1) is 19.7 Å². The van der Waals surface area contributed by atoms with Crippen LogP contribution in [0.15, 0.2) is 78.9 Å². The molecular weight excluding hydrogens is 386 g/mol. The molecule has 0 amide bonds. The van der Waals surface area contributed by atoms with Gasteiger partial charge in [0.2, 0.25) is 0 Å². The molecule has 1 aliphatic rings. The lowest BCUT2D eigenvalue weighted by molar-refractivity contribution is 0.195. The average molecular weight is 412 g/mol. The molecule has 2 heterocycles. The Morgan fingerprint density at radius 1 is 0.903 bits per heavy atom. The first kappa shape index (κ1) is 19.5. The van der Waals surface area contributed by atoms with E-state index in [9.17, 15) is 0 Å². The van der Waals surface area contributed by atoms with Crippen LogP contribution in [0.4, 0.5) is 0 Å². The predicted octanol–water partition coefficient (Wildman–Crippen LogP) is 3.88. The SMILES string of the molecule is COc1ccc([C@@H](c2nnnn2Cc2ccccc2)N2CCc3ccccc3C2)cc1. The number of nitrogens with zero attached hydrogens (tertiary/aromatic N) is 5. The summed E-state index contributed by atoms with van der Waals surface area (Å²) in [5.41, 5.74) is 5.13. The van der Waals surface area contributed by atoms with Crippen molar-refractivity contribution in [3.8, 4) is 5.75 Å². The number of tetrazole rings is 1. The van der Waals surface area contributed by atoms with Crippen molar-refractivity contribution in [3.63, 3.8) is 0 Å². The summed E-state index contributed by atoms with van der Waals surface area (Å²) in [5.74, 6) is 1.70. The number of methoxy groups -OCH3 is 1. The molecule has 1 atom stereocenters. The molecule has 0 saturated carbocycles. The number of aromatic nitrogens is 4. The van der Waals surface area contributed by atoms with Crippen molar-refractivity contribution in [2.24, 2.45) is 0 Å². The van der Waals surface area contributed by atoms with Crippen LogP contribution in [0.1, 0.15) is 34.1 Å². The van der Waals surface area contributed by atoms with E-state index in [4.69, 9.17) is 4.74 Å². The smallest absolute Gasteiger partial charge is 0.173 e. The Morgan fingerprint density at radius 2 is 1.65 bits per heavy atom. The van der Waals surface area contributed by atoms with Gasteiger partial charge in [0.25, 0.3) is 0 Å². The molecule has 0 bridgehead atoms. The standard InChI is InChI=1S/C25H25N5O/c1-31-23-13-11-21(12-14-23)24(29-16-15-20-9-5-6-10-22(20)18-29)25-26-27-28-30(25)17-19-7-3-2-4-8-19/h2-14,24H,15-18H2,1H3/t24-/m0/s1. The molecule has 5 rings (SSSR count). The van der Waals surface area contributed by atoms with Crippen molar-refractivity contribution in [3.05, 3.63) is 107 Å². The lowest BCUT2D eigenvalue weighted by Crippen LogP contribution is -2.36. The second kappa shape index (κ2) is 8.70. The van der Waals surface area contributed by atoms with E-state index in [1.165, 1.54) is 16.7 Å². The van der Waals surface area contributed by atoms with Gasteiger partial charge in [0.1, 0.15) is 5.75 Å². The minimum absolute atomic E-state index is 0.0435. The number of fused-ring (bicyclic) bond motifs is 1. The molecule has 3 aromatic carbocycles. The third-order valence-electron chi connectivity index (χ3n) is 5.94. The number of ether oxygens (including phenoxy) is 1. The lowest BCUT2D eigenvalue weighted by Gasteiger charge is -2.35. The van der Waals surface area contributed by atoms with Crippen molar-refractivity contribution in [1.29, 1.82) is 0 Å². The molecule has 1 aliphatic heterocycles. The van der Waals surface area contributed by atoms with E-state index in [1.807, 2.05) is 35.0 Å². The number of hydrogen-bond donors (Lipinski definition) is 0. The van der Waals surface area contributed by atoms with E-state index >= 15 is 0 Å². The fraction of sp³-hybridized carbons (Fsp3) is 0.240. The molecule has 156 valence electrons. The molecule has 6 heteroatoms. The lowest BCUT2D eigenvalue weighted by atomic mass is 9.96. The minimum atomic E-state index is -0.0435. The van der Waals surface area contributed by atoms with Crippen LogP contribution in [-0.2, 0) is 19.5 Å². The van der Waals surface area contributed by atoms with Crippen molar-refractivity contribution in [1.82, 2.24) is 25.1 Å². The van der Waals surface area contributed by atoms with E-state index in [0.29, 0.717) is 6.54 Å². The van der Waals surface area contributed by atoms with Crippen molar-refractivity contribution in [2.75, 3.05) is 13.7 Å². The molecule has 0 radical (unpaired) electrons. The molecule has 0 N–H and O–H groups in total. The van der Waals surface area contributed by atoms with Crippen LogP contribution in [0, 0.1) is 0 Å². The maximum Gasteiger partial charge on any atom is 0.173 e. The summed E-state index contributed by atoms with van der Waals surface area (Å²) >= 11 is 0. The van der Waals surface area contributed by atoms with Crippen LogP contribution in [0.25, 0.3) is 0 Å². The van der Waals surface area contributed by atoms with Gasteiger partial charge in [-0.1, -0.05) is 66.7 Å². The molecule has 0 saturated heterocycles. The highest BCUT2D eigenvalue weighted by atomic mass is 16.5. The minimum Gasteiger partial charge on any atom is -0.497 e. The topological polar surface area (TPSA) is 56.1 Å². The van der Waals surface area contributed by atoms with Crippen LogP contribution in [0.5, 0.6) is 5.75 Å². The van der Waals surface area contributed by atoms with Crippen LogP contribution in [0.2, 0.25) is 0 Å². The Kier molecular flexibility index (Phi) is 5.46. The molecule has 6 nitrogen and oxygen atoms in total. The fourth-order valence-electron chi connectivity index (χ4n) is 4.32. The van der Waals surface area contributed by atoms with Crippen LogP contribution in [0.3, 0.4) is 0 Å². The molecule has 31 heavy (non-hydrogen) atoms. The van der Waals surface area contributed by atoms with Gasteiger partial charge in [-0.05, 0) is 51.2 Å². The first-order chi connectivity index (χ1) is 15.3. The van der Waals surface area contributed by atoms with Gasteiger partial charge in [-0.2, -0.15) is 0 Å². The maximum absolute atomic E-state index is 5.38. The van der Waals surface area contributed by atoms with Gasteiger partial charge in [-0.3, -0.25) is 4.90 Å². The summed E-state index contributed by atoms with van der Waals surface area (Å²) in [7, 11) is 1.69. The zero-order valence-corrected chi connectivity index (χ0v) is 17.6. The molecule has 0 fully saturated rings. The van der Waals surface area contributed by atoms with E-state index in [2.05, 4.69) is 69.0 Å². The molecule has 0 spiro atoms. The fourth-order valence-corrected chi connectivity index (χ4v) is 4.32. The van der Waals surface area contributed by atoms with Crippen molar-refractivity contribution in [2.45, 2.75) is 25.6 Å². The summed E-state index contributed by atoms with van der Waals surface area (Å²) in [6, 6.07) is 27.2. The number of hydrogen-bond acceptors (Lipinski definition) is 5. The van der Waals surface area contributed by atoms with Gasteiger partial charge in [0, 0.05) is 13.1 Å².